The van der Waals surface area contributed by atoms with Crippen molar-refractivity contribution in [2.75, 3.05) is 5.32 Å². The lowest BCUT2D eigenvalue weighted by Crippen LogP contribution is -2.30. The highest BCUT2D eigenvalue weighted by atomic mass is 19.4. The van der Waals surface area contributed by atoms with Gasteiger partial charge in [0.15, 0.2) is 0 Å². The number of nitrogens with one attached hydrogen (secondary N) is 2. The normalized spacial score (nSPS) is 11.8. The highest BCUT2D eigenvalue weighted by Crippen LogP contribution is 2.31. The Morgan fingerprint density at radius 2 is 1.56 bits per heavy atom. The van der Waals surface area contributed by atoms with Gasteiger partial charge in [-0.3, -0.25) is 9.59 Å². The van der Waals surface area contributed by atoms with Crippen LogP contribution < -0.4 is 10.6 Å². The van der Waals surface area contributed by atoms with Gasteiger partial charge in [-0.1, -0.05) is 24.3 Å². The molecule has 2 aromatic carbocycles. The van der Waals surface area contributed by atoms with Gasteiger partial charge in [0, 0.05) is 12.2 Å². The van der Waals surface area contributed by atoms with Crippen molar-refractivity contribution in [2.24, 2.45) is 0 Å². The number of anilines is 1. The maximum atomic E-state index is 12.9. The molecule has 0 heterocycles. The van der Waals surface area contributed by atoms with Gasteiger partial charge in [0.25, 0.3) is 5.91 Å². The van der Waals surface area contributed by atoms with Crippen LogP contribution in [0.25, 0.3) is 0 Å². The van der Waals surface area contributed by atoms with E-state index in [4.69, 9.17) is 0 Å². The van der Waals surface area contributed by atoms with E-state index in [1.807, 2.05) is 0 Å². The van der Waals surface area contributed by atoms with Crippen LogP contribution in [-0.2, 0) is 17.5 Å². The fourth-order valence-electron chi connectivity index (χ4n) is 2.17. The first-order valence-corrected chi connectivity index (χ1v) is 7.40. The molecule has 0 saturated heterocycles. The number of hydrogen-bond acceptors (Lipinski definition) is 2. The minimum Gasteiger partial charge on any atom is -0.348 e. The summed E-state index contributed by atoms with van der Waals surface area (Å²) in [4.78, 5) is 23.0. The summed E-state index contributed by atoms with van der Waals surface area (Å²) >= 11 is 0. The molecular formula is C17H12F6N2O2. The quantitative estimate of drug-likeness (QED) is 0.772. The largest absolute Gasteiger partial charge is 0.471 e. The second-order valence-corrected chi connectivity index (χ2v) is 5.38. The number of rotatable bonds is 4. The van der Waals surface area contributed by atoms with Crippen molar-refractivity contribution in [3.05, 3.63) is 65.2 Å². The van der Waals surface area contributed by atoms with E-state index in [-0.39, 0.29) is 17.8 Å². The molecule has 0 unspecified atom stereocenters. The molecular weight excluding hydrogens is 378 g/mol. The average molecular weight is 390 g/mol. The second-order valence-electron chi connectivity index (χ2n) is 5.38. The molecule has 0 aliphatic rings. The molecule has 2 rings (SSSR count). The molecule has 0 spiro atoms. The summed E-state index contributed by atoms with van der Waals surface area (Å²) in [6.45, 7) is -0.249. The van der Waals surface area contributed by atoms with Crippen molar-refractivity contribution in [3.8, 4) is 0 Å². The summed E-state index contributed by atoms with van der Waals surface area (Å²) in [6.07, 6.45) is -9.78. The molecule has 27 heavy (non-hydrogen) atoms. The topological polar surface area (TPSA) is 58.2 Å². The smallest absolute Gasteiger partial charge is 0.348 e. The number of carbonyl (C=O) groups is 2. The Balaban J connectivity index is 2.09. The summed E-state index contributed by atoms with van der Waals surface area (Å²) in [7, 11) is 0. The van der Waals surface area contributed by atoms with Crippen LogP contribution in [0.15, 0.2) is 48.5 Å². The van der Waals surface area contributed by atoms with Crippen LogP contribution in [0.3, 0.4) is 0 Å². The van der Waals surface area contributed by atoms with E-state index in [1.165, 1.54) is 30.3 Å². The van der Waals surface area contributed by atoms with E-state index >= 15 is 0 Å². The first kappa shape index (κ1) is 20.3. The molecule has 0 atom stereocenters. The average Bonchev–Trinajstić information content (AvgIpc) is 2.58. The molecule has 2 N–H and O–H groups in total. The van der Waals surface area contributed by atoms with E-state index < -0.39 is 35.3 Å². The fourth-order valence-corrected chi connectivity index (χ4v) is 2.17. The zero-order valence-corrected chi connectivity index (χ0v) is 13.4. The van der Waals surface area contributed by atoms with Crippen molar-refractivity contribution >= 4 is 17.5 Å². The zero-order chi connectivity index (χ0) is 20.2. The van der Waals surface area contributed by atoms with Crippen LogP contribution in [-0.4, -0.2) is 18.0 Å². The summed E-state index contributed by atoms with van der Waals surface area (Å²) in [6, 6.07) is 9.33. The molecule has 0 aliphatic carbocycles. The van der Waals surface area contributed by atoms with Gasteiger partial charge in [-0.2, -0.15) is 26.3 Å². The number of benzene rings is 2. The molecule has 4 nitrogen and oxygen atoms in total. The van der Waals surface area contributed by atoms with E-state index in [1.54, 1.807) is 5.32 Å². The molecule has 0 radical (unpaired) electrons. The predicted molar refractivity (Wildman–Crippen MR) is 83.7 cm³/mol. The maximum Gasteiger partial charge on any atom is 0.471 e. The number of hydrogen-bond donors (Lipinski definition) is 2. The van der Waals surface area contributed by atoms with Gasteiger partial charge in [0.2, 0.25) is 0 Å². The predicted octanol–water partition coefficient (Wildman–Crippen LogP) is 4.14. The lowest BCUT2D eigenvalue weighted by Gasteiger charge is -2.13. The summed E-state index contributed by atoms with van der Waals surface area (Å²) in [5.74, 6) is -3.16. The minimum absolute atomic E-state index is 0.167. The van der Waals surface area contributed by atoms with Crippen molar-refractivity contribution in [3.63, 3.8) is 0 Å². The molecule has 2 amide bonds. The van der Waals surface area contributed by atoms with Gasteiger partial charge >= 0.3 is 18.3 Å². The minimum atomic E-state index is -5.06. The van der Waals surface area contributed by atoms with Gasteiger partial charge in [0.1, 0.15) is 0 Å². The Morgan fingerprint density at radius 1 is 0.889 bits per heavy atom. The summed E-state index contributed by atoms with van der Waals surface area (Å²) < 4.78 is 75.5. The Hall–Kier alpha value is -3.04. The molecule has 10 heteroatoms. The Kier molecular flexibility index (Phi) is 5.77. The Morgan fingerprint density at radius 3 is 2.19 bits per heavy atom. The standard InChI is InChI=1S/C17H12F6N2O2/c18-16(19,20)13-7-2-1-6-12(13)14(26)24-9-10-4-3-5-11(8-10)25-15(27)17(21,22)23/h1-8H,9H2,(H,24,26)(H,25,27). The van der Waals surface area contributed by atoms with Gasteiger partial charge in [-0.25, -0.2) is 0 Å². The monoisotopic (exact) mass is 390 g/mol. The number of alkyl halides is 6. The third kappa shape index (κ3) is 5.47. The van der Waals surface area contributed by atoms with E-state index in [0.717, 1.165) is 18.2 Å². The van der Waals surface area contributed by atoms with Crippen LogP contribution in [0.2, 0.25) is 0 Å². The van der Waals surface area contributed by atoms with Crippen molar-refractivity contribution in [1.29, 1.82) is 0 Å². The number of halogens is 6. The van der Waals surface area contributed by atoms with Gasteiger partial charge in [-0.05, 0) is 29.8 Å². The second kappa shape index (κ2) is 7.68. The third-order valence-corrected chi connectivity index (χ3v) is 3.37. The number of amides is 2. The molecule has 0 bridgehead atoms. The summed E-state index contributed by atoms with van der Waals surface area (Å²) in [5.41, 5.74) is -1.56. The van der Waals surface area contributed by atoms with Crippen LogP contribution in [0, 0.1) is 0 Å². The van der Waals surface area contributed by atoms with Crippen molar-refractivity contribution in [2.45, 2.75) is 18.9 Å². The third-order valence-electron chi connectivity index (χ3n) is 3.37. The zero-order valence-electron chi connectivity index (χ0n) is 13.4. The van der Waals surface area contributed by atoms with Crippen LogP contribution in [0.1, 0.15) is 21.5 Å². The number of carbonyl (C=O) groups excluding carboxylic acids is 2. The fraction of sp³-hybridized carbons (Fsp3) is 0.176. The first-order valence-electron chi connectivity index (χ1n) is 7.40. The molecule has 0 fully saturated rings. The summed E-state index contributed by atoms with van der Waals surface area (Å²) in [5, 5.41) is 3.91. The molecule has 0 aromatic heterocycles. The lowest BCUT2D eigenvalue weighted by atomic mass is 10.1. The van der Waals surface area contributed by atoms with E-state index in [9.17, 15) is 35.9 Å². The molecule has 2 aromatic rings. The van der Waals surface area contributed by atoms with Gasteiger partial charge < -0.3 is 10.6 Å². The highest BCUT2D eigenvalue weighted by Gasteiger charge is 2.38. The van der Waals surface area contributed by atoms with Crippen molar-refractivity contribution in [1.82, 2.24) is 5.32 Å². The van der Waals surface area contributed by atoms with Crippen LogP contribution >= 0.6 is 0 Å². The lowest BCUT2D eigenvalue weighted by molar-refractivity contribution is -0.167. The molecule has 0 aliphatic heterocycles. The van der Waals surface area contributed by atoms with Crippen LogP contribution in [0.4, 0.5) is 32.0 Å². The highest BCUT2D eigenvalue weighted by molar-refractivity contribution is 5.96. The SMILES string of the molecule is O=C(NCc1cccc(NC(=O)C(F)(F)F)c1)c1ccccc1C(F)(F)F. The van der Waals surface area contributed by atoms with E-state index in [2.05, 4.69) is 5.32 Å². The Bertz CT molecular complexity index is 846. The van der Waals surface area contributed by atoms with Gasteiger partial charge in [0.05, 0.1) is 11.1 Å². The first-order chi connectivity index (χ1) is 12.5. The Labute approximate surface area is 149 Å². The molecule has 0 saturated carbocycles. The van der Waals surface area contributed by atoms with Crippen LogP contribution in [0.5, 0.6) is 0 Å². The molecule has 144 valence electrons. The van der Waals surface area contributed by atoms with Crippen molar-refractivity contribution < 1.29 is 35.9 Å². The van der Waals surface area contributed by atoms with Gasteiger partial charge in [-0.15, -0.1) is 0 Å². The van der Waals surface area contributed by atoms with E-state index in [0.29, 0.717) is 0 Å². The maximum absolute atomic E-state index is 12.9.